The molecule has 0 bridgehead atoms. The number of amides is 3. The van der Waals surface area contributed by atoms with E-state index in [1.165, 1.54) is 0 Å². The Morgan fingerprint density at radius 3 is 1.95 bits per heavy atom. The number of rotatable bonds is 14. The average molecular weight is 600 g/mol. The van der Waals surface area contributed by atoms with E-state index in [0.717, 1.165) is 53.5 Å². The van der Waals surface area contributed by atoms with E-state index in [1.807, 2.05) is 92.7 Å². The summed E-state index contributed by atoms with van der Waals surface area (Å²) in [6, 6.07) is 23.4. The van der Waals surface area contributed by atoms with Gasteiger partial charge < -0.3 is 20.3 Å². The molecule has 236 valence electrons. The first-order chi connectivity index (χ1) is 21.0. The molecular formula is C37H49N3O4. The highest BCUT2D eigenvalue weighted by Crippen LogP contribution is 2.29. The summed E-state index contributed by atoms with van der Waals surface area (Å²) in [6.45, 7) is 12.2. The van der Waals surface area contributed by atoms with E-state index in [9.17, 15) is 14.4 Å². The minimum atomic E-state index is -0.938. The molecule has 44 heavy (non-hydrogen) atoms. The molecule has 0 aliphatic heterocycles. The summed E-state index contributed by atoms with van der Waals surface area (Å²) in [5.74, 6) is -0.579. The van der Waals surface area contributed by atoms with E-state index in [2.05, 4.69) is 17.6 Å². The maximum atomic E-state index is 14.7. The second kappa shape index (κ2) is 16.6. The van der Waals surface area contributed by atoms with Gasteiger partial charge in [0.25, 0.3) is 0 Å². The van der Waals surface area contributed by atoms with Crippen LogP contribution in [-0.2, 0) is 27.3 Å². The molecule has 0 aromatic heterocycles. The Morgan fingerprint density at radius 1 is 0.795 bits per heavy atom. The summed E-state index contributed by atoms with van der Waals surface area (Å²) in [7, 11) is 0. The van der Waals surface area contributed by atoms with Gasteiger partial charge in [-0.25, -0.2) is 4.79 Å². The number of benzene rings is 3. The Kier molecular flexibility index (Phi) is 13.0. The molecule has 0 radical (unpaired) electrons. The van der Waals surface area contributed by atoms with Crippen molar-refractivity contribution in [2.45, 2.75) is 97.9 Å². The van der Waals surface area contributed by atoms with Crippen LogP contribution in [0.5, 0.6) is 0 Å². The molecule has 7 heteroatoms. The van der Waals surface area contributed by atoms with Gasteiger partial charge in [0, 0.05) is 19.5 Å². The van der Waals surface area contributed by atoms with Gasteiger partial charge in [-0.2, -0.15) is 0 Å². The van der Waals surface area contributed by atoms with E-state index >= 15 is 0 Å². The number of nitrogens with one attached hydrogen (secondary N) is 2. The highest BCUT2D eigenvalue weighted by molar-refractivity contribution is 5.92. The molecule has 0 fully saturated rings. The first-order valence-corrected chi connectivity index (χ1v) is 15.7. The van der Waals surface area contributed by atoms with Crippen LogP contribution in [0, 0.1) is 13.8 Å². The first kappa shape index (κ1) is 34.4. The normalized spacial score (nSPS) is 12.6. The maximum Gasteiger partial charge on any atom is 0.408 e. The average Bonchev–Trinajstić information content (AvgIpc) is 2.98. The minimum Gasteiger partial charge on any atom is -0.444 e. The summed E-state index contributed by atoms with van der Waals surface area (Å²) in [4.78, 5) is 43.7. The Hall–Kier alpha value is -4.13. The molecule has 0 saturated carbocycles. The zero-order chi connectivity index (χ0) is 32.1. The van der Waals surface area contributed by atoms with Crippen molar-refractivity contribution in [1.29, 1.82) is 0 Å². The van der Waals surface area contributed by atoms with Crippen molar-refractivity contribution in [2.75, 3.05) is 6.54 Å². The molecule has 3 rings (SSSR count). The van der Waals surface area contributed by atoms with Gasteiger partial charge in [0.05, 0.1) is 0 Å². The number of carbonyl (C=O) groups is 3. The standard InChI is InChI=1S/C37H49N3O4/c1-7-8-9-16-24-40(35(42)31(25-29-20-12-10-13-21-29)39-36(43)44-37(4,5)6)33(32-27(2)18-17-19-28(32)3)34(41)38-26-30-22-14-11-15-23-30/h10-15,17-23,31,33H,7-9,16,24-26H2,1-6H3,(H,38,41)(H,39,43). The number of carbonyl (C=O) groups excluding carboxylic acids is 3. The van der Waals surface area contributed by atoms with Gasteiger partial charge in [-0.3, -0.25) is 9.59 Å². The largest absolute Gasteiger partial charge is 0.444 e. The number of nitrogens with zero attached hydrogens (tertiary/aromatic N) is 1. The molecule has 2 atom stereocenters. The Labute approximate surface area is 263 Å². The van der Waals surface area contributed by atoms with Crippen LogP contribution in [-0.4, -0.2) is 41.0 Å². The lowest BCUT2D eigenvalue weighted by atomic mass is 9.93. The van der Waals surface area contributed by atoms with E-state index in [-0.39, 0.29) is 18.2 Å². The molecular weight excluding hydrogens is 550 g/mol. The fourth-order valence-electron chi connectivity index (χ4n) is 5.34. The summed E-state index contributed by atoms with van der Waals surface area (Å²) in [5, 5.41) is 5.96. The van der Waals surface area contributed by atoms with Gasteiger partial charge in [-0.05, 0) is 68.9 Å². The molecule has 0 aliphatic rings. The SMILES string of the molecule is CCCCCCN(C(=O)C(Cc1ccccc1)NC(=O)OC(C)(C)C)C(C(=O)NCc1ccccc1)c1c(C)cccc1C. The molecule has 3 aromatic carbocycles. The number of hydrogen-bond acceptors (Lipinski definition) is 4. The maximum absolute atomic E-state index is 14.7. The minimum absolute atomic E-state index is 0.258. The third kappa shape index (κ3) is 10.5. The molecule has 3 amide bonds. The third-order valence-corrected chi connectivity index (χ3v) is 7.49. The van der Waals surface area contributed by atoms with E-state index in [0.29, 0.717) is 13.1 Å². The molecule has 0 heterocycles. The molecule has 0 spiro atoms. The third-order valence-electron chi connectivity index (χ3n) is 7.49. The van der Waals surface area contributed by atoms with Crippen LogP contribution < -0.4 is 10.6 Å². The van der Waals surface area contributed by atoms with E-state index < -0.39 is 23.8 Å². The lowest BCUT2D eigenvalue weighted by molar-refractivity contribution is -0.142. The van der Waals surface area contributed by atoms with Crippen molar-refractivity contribution in [1.82, 2.24) is 15.5 Å². The summed E-state index contributed by atoms with van der Waals surface area (Å²) >= 11 is 0. The van der Waals surface area contributed by atoms with Gasteiger partial charge in [-0.15, -0.1) is 0 Å². The van der Waals surface area contributed by atoms with Gasteiger partial charge in [0.15, 0.2) is 0 Å². The van der Waals surface area contributed by atoms with Crippen LogP contribution >= 0.6 is 0 Å². The second-order valence-electron chi connectivity index (χ2n) is 12.4. The number of ether oxygens (including phenoxy) is 1. The smallest absolute Gasteiger partial charge is 0.408 e. The molecule has 0 saturated heterocycles. The highest BCUT2D eigenvalue weighted by Gasteiger charge is 2.37. The van der Waals surface area contributed by atoms with Gasteiger partial charge in [0.1, 0.15) is 17.7 Å². The number of unbranched alkanes of at least 4 members (excludes halogenated alkanes) is 3. The van der Waals surface area contributed by atoms with Crippen molar-refractivity contribution in [2.24, 2.45) is 0 Å². The van der Waals surface area contributed by atoms with Crippen molar-refractivity contribution in [3.8, 4) is 0 Å². The second-order valence-corrected chi connectivity index (χ2v) is 12.4. The molecule has 7 nitrogen and oxygen atoms in total. The highest BCUT2D eigenvalue weighted by atomic mass is 16.6. The van der Waals surface area contributed by atoms with Crippen LogP contribution in [0.15, 0.2) is 78.9 Å². The lowest BCUT2D eigenvalue weighted by Gasteiger charge is -2.36. The fraction of sp³-hybridized carbons (Fsp3) is 0.432. The molecule has 2 N–H and O–H groups in total. The lowest BCUT2D eigenvalue weighted by Crippen LogP contribution is -2.54. The predicted molar refractivity (Wildman–Crippen MR) is 176 cm³/mol. The van der Waals surface area contributed by atoms with Gasteiger partial charge >= 0.3 is 6.09 Å². The van der Waals surface area contributed by atoms with Crippen LogP contribution in [0.2, 0.25) is 0 Å². The van der Waals surface area contributed by atoms with Crippen molar-refractivity contribution >= 4 is 17.9 Å². The summed E-state index contributed by atoms with van der Waals surface area (Å²) < 4.78 is 5.57. The Balaban J connectivity index is 2.06. The van der Waals surface area contributed by atoms with Crippen molar-refractivity contribution < 1.29 is 19.1 Å². The molecule has 0 aliphatic carbocycles. The number of hydrogen-bond donors (Lipinski definition) is 2. The predicted octanol–water partition coefficient (Wildman–Crippen LogP) is 7.21. The topological polar surface area (TPSA) is 87.7 Å². The molecule has 2 unspecified atom stereocenters. The fourth-order valence-corrected chi connectivity index (χ4v) is 5.34. The van der Waals surface area contributed by atoms with E-state index in [4.69, 9.17) is 4.74 Å². The Bertz CT molecular complexity index is 1330. The van der Waals surface area contributed by atoms with Crippen LogP contribution in [0.3, 0.4) is 0 Å². The zero-order valence-electron chi connectivity index (χ0n) is 27.2. The van der Waals surface area contributed by atoms with Crippen LogP contribution in [0.4, 0.5) is 4.79 Å². The van der Waals surface area contributed by atoms with Gasteiger partial charge in [-0.1, -0.05) is 105 Å². The quantitative estimate of drug-likeness (QED) is 0.192. The van der Waals surface area contributed by atoms with Gasteiger partial charge in [0.2, 0.25) is 11.8 Å². The first-order valence-electron chi connectivity index (χ1n) is 15.7. The zero-order valence-corrected chi connectivity index (χ0v) is 27.2. The van der Waals surface area contributed by atoms with E-state index in [1.54, 1.807) is 25.7 Å². The summed E-state index contributed by atoms with van der Waals surface area (Å²) in [6.07, 6.45) is 3.32. The van der Waals surface area contributed by atoms with Crippen molar-refractivity contribution in [3.63, 3.8) is 0 Å². The summed E-state index contributed by atoms with van der Waals surface area (Å²) in [5.41, 5.74) is 3.78. The monoisotopic (exact) mass is 599 g/mol. The number of aryl methyl sites for hydroxylation is 2. The van der Waals surface area contributed by atoms with Crippen LogP contribution in [0.1, 0.15) is 87.2 Å². The number of alkyl carbamates (subject to hydrolysis) is 1. The molecule has 3 aromatic rings. The Morgan fingerprint density at radius 2 is 1.39 bits per heavy atom. The van der Waals surface area contributed by atoms with Crippen LogP contribution in [0.25, 0.3) is 0 Å². The van der Waals surface area contributed by atoms with Crippen molar-refractivity contribution in [3.05, 3.63) is 107 Å².